The maximum Gasteiger partial charge on any atom is 0.321 e. The molecule has 0 saturated carbocycles. The van der Waals surface area contributed by atoms with E-state index in [4.69, 9.17) is 9.47 Å². The number of methoxy groups -OCH3 is 2. The zero-order valence-corrected chi connectivity index (χ0v) is 16.8. The number of rotatable bonds is 5. The quantitative estimate of drug-likeness (QED) is 0.764. The van der Waals surface area contributed by atoms with Gasteiger partial charge in [0.2, 0.25) is 15.9 Å². The first-order chi connectivity index (χ1) is 12.8. The van der Waals surface area contributed by atoms with Crippen molar-refractivity contribution >= 4 is 15.8 Å². The third-order valence-corrected chi connectivity index (χ3v) is 6.63. The molecule has 1 aromatic carbocycles. The van der Waals surface area contributed by atoms with Gasteiger partial charge < -0.3 is 14.4 Å². The van der Waals surface area contributed by atoms with Crippen LogP contribution in [0.1, 0.15) is 11.1 Å². The third-order valence-electron chi connectivity index (χ3n) is 4.74. The third kappa shape index (κ3) is 3.98. The van der Waals surface area contributed by atoms with Crippen molar-refractivity contribution in [3.05, 3.63) is 35.4 Å². The van der Waals surface area contributed by atoms with Crippen molar-refractivity contribution in [1.82, 2.24) is 14.3 Å². The van der Waals surface area contributed by atoms with Crippen LogP contribution in [0.4, 0.5) is 5.82 Å². The normalized spacial score (nSPS) is 15.6. The van der Waals surface area contributed by atoms with Gasteiger partial charge in [-0.3, -0.25) is 0 Å². The van der Waals surface area contributed by atoms with Crippen molar-refractivity contribution in [1.29, 1.82) is 0 Å². The van der Waals surface area contributed by atoms with E-state index in [1.165, 1.54) is 18.5 Å². The van der Waals surface area contributed by atoms with Crippen molar-refractivity contribution < 1.29 is 17.9 Å². The Hall–Kier alpha value is -2.39. The second-order valence-electron chi connectivity index (χ2n) is 6.39. The van der Waals surface area contributed by atoms with Gasteiger partial charge >= 0.3 is 6.01 Å². The molecule has 0 N–H and O–H groups in total. The van der Waals surface area contributed by atoms with Crippen molar-refractivity contribution in [2.75, 3.05) is 45.3 Å². The van der Waals surface area contributed by atoms with Gasteiger partial charge in [-0.2, -0.15) is 14.3 Å². The summed E-state index contributed by atoms with van der Waals surface area (Å²) in [6, 6.07) is 7.18. The van der Waals surface area contributed by atoms with Crippen LogP contribution < -0.4 is 14.4 Å². The second-order valence-corrected chi connectivity index (χ2v) is 8.33. The highest BCUT2D eigenvalue weighted by atomic mass is 32.2. The number of benzene rings is 1. The lowest BCUT2D eigenvalue weighted by atomic mass is 10.1. The molecule has 2 aromatic rings. The summed E-state index contributed by atoms with van der Waals surface area (Å²) >= 11 is 0. The minimum absolute atomic E-state index is 0.217. The fraction of sp³-hybridized carbons (Fsp3) is 0.444. The van der Waals surface area contributed by atoms with Crippen molar-refractivity contribution in [3.8, 4) is 11.9 Å². The van der Waals surface area contributed by atoms with Crippen LogP contribution >= 0.6 is 0 Å². The summed E-state index contributed by atoms with van der Waals surface area (Å²) in [6.07, 6.45) is 0. The number of hydrogen-bond donors (Lipinski definition) is 0. The molecule has 0 radical (unpaired) electrons. The van der Waals surface area contributed by atoms with Crippen LogP contribution in [0.15, 0.2) is 29.2 Å². The van der Waals surface area contributed by atoms with Crippen molar-refractivity contribution in [3.63, 3.8) is 0 Å². The predicted octanol–water partition coefficient (Wildman–Crippen LogP) is 1.62. The van der Waals surface area contributed by atoms with Crippen LogP contribution in [-0.2, 0) is 10.0 Å². The fourth-order valence-corrected chi connectivity index (χ4v) is 4.44. The number of hydrogen-bond acceptors (Lipinski definition) is 7. The highest BCUT2D eigenvalue weighted by Crippen LogP contribution is 2.24. The predicted molar refractivity (Wildman–Crippen MR) is 102 cm³/mol. The van der Waals surface area contributed by atoms with E-state index in [-0.39, 0.29) is 6.01 Å². The minimum atomic E-state index is -3.51. The maximum absolute atomic E-state index is 12.9. The van der Waals surface area contributed by atoms with Gasteiger partial charge in [-0.05, 0) is 37.1 Å². The monoisotopic (exact) mass is 392 g/mol. The number of nitrogens with zero attached hydrogens (tertiary/aromatic N) is 4. The number of anilines is 1. The summed E-state index contributed by atoms with van der Waals surface area (Å²) in [5, 5.41) is 0. The van der Waals surface area contributed by atoms with Gasteiger partial charge in [0.05, 0.1) is 19.1 Å². The number of piperazine rings is 1. The van der Waals surface area contributed by atoms with Crippen LogP contribution in [0, 0.1) is 13.8 Å². The van der Waals surface area contributed by atoms with Crippen LogP contribution in [0.25, 0.3) is 0 Å². The molecule has 2 heterocycles. The summed E-state index contributed by atoms with van der Waals surface area (Å²) in [4.78, 5) is 10.8. The summed E-state index contributed by atoms with van der Waals surface area (Å²) in [6.45, 7) is 5.69. The average Bonchev–Trinajstić information content (AvgIpc) is 2.69. The standard InChI is InChI=1S/C18H24N4O4S/c1-13-5-6-15(11-14(13)2)27(23,24)22-9-7-21(8-10-22)16-12-17(25-3)20-18(19-16)26-4/h5-6,11-12H,7-10H2,1-4H3. The van der Waals surface area contributed by atoms with Crippen molar-refractivity contribution in [2.24, 2.45) is 0 Å². The molecule has 3 rings (SSSR count). The summed E-state index contributed by atoms with van der Waals surface area (Å²) < 4.78 is 37.7. The zero-order valence-electron chi connectivity index (χ0n) is 16.0. The lowest BCUT2D eigenvalue weighted by Gasteiger charge is -2.34. The molecule has 1 aromatic heterocycles. The molecule has 0 spiro atoms. The summed E-state index contributed by atoms with van der Waals surface area (Å²) in [7, 11) is -0.488. The molecule has 8 nitrogen and oxygen atoms in total. The first-order valence-corrected chi connectivity index (χ1v) is 10.1. The largest absolute Gasteiger partial charge is 0.481 e. The highest BCUT2D eigenvalue weighted by Gasteiger charge is 2.29. The van der Waals surface area contributed by atoms with Gasteiger partial charge in [0.1, 0.15) is 5.82 Å². The number of ether oxygens (including phenoxy) is 2. The van der Waals surface area contributed by atoms with Crippen LogP contribution in [0.5, 0.6) is 11.9 Å². The molecule has 1 aliphatic heterocycles. The Kier molecular flexibility index (Phi) is 5.52. The molecule has 1 saturated heterocycles. The van der Waals surface area contributed by atoms with Gasteiger partial charge in [0, 0.05) is 32.2 Å². The molecule has 0 bridgehead atoms. The number of aromatic nitrogens is 2. The molecule has 146 valence electrons. The molecular formula is C18H24N4O4S. The van der Waals surface area contributed by atoms with E-state index in [0.29, 0.717) is 42.8 Å². The molecule has 1 fully saturated rings. The van der Waals surface area contributed by atoms with Gasteiger partial charge in [-0.15, -0.1) is 0 Å². The Morgan fingerprint density at radius 2 is 1.63 bits per heavy atom. The van der Waals surface area contributed by atoms with Gasteiger partial charge in [-0.25, -0.2) is 8.42 Å². The van der Waals surface area contributed by atoms with E-state index in [1.54, 1.807) is 18.2 Å². The van der Waals surface area contributed by atoms with E-state index >= 15 is 0 Å². The lowest BCUT2D eigenvalue weighted by molar-refractivity contribution is 0.349. The zero-order chi connectivity index (χ0) is 19.6. The lowest BCUT2D eigenvalue weighted by Crippen LogP contribution is -2.49. The second kappa shape index (κ2) is 7.69. The van der Waals surface area contributed by atoms with Gasteiger partial charge in [0.15, 0.2) is 0 Å². The topological polar surface area (TPSA) is 84.9 Å². The Balaban J connectivity index is 1.76. The minimum Gasteiger partial charge on any atom is -0.481 e. The number of aryl methyl sites for hydroxylation is 2. The molecule has 1 aliphatic rings. The van der Waals surface area contributed by atoms with E-state index in [1.807, 2.05) is 24.8 Å². The first-order valence-electron chi connectivity index (χ1n) is 8.64. The Labute approximate surface area is 159 Å². The van der Waals surface area contributed by atoms with Crippen LogP contribution in [0.3, 0.4) is 0 Å². The van der Waals surface area contributed by atoms with E-state index in [0.717, 1.165) is 11.1 Å². The Morgan fingerprint density at radius 3 is 2.22 bits per heavy atom. The first kappa shape index (κ1) is 19.4. The Morgan fingerprint density at radius 1 is 0.926 bits per heavy atom. The summed E-state index contributed by atoms with van der Waals surface area (Å²) in [5.41, 5.74) is 2.04. The van der Waals surface area contributed by atoms with Crippen molar-refractivity contribution in [2.45, 2.75) is 18.7 Å². The number of sulfonamides is 1. The smallest absolute Gasteiger partial charge is 0.321 e. The molecule has 0 atom stereocenters. The maximum atomic E-state index is 12.9. The van der Waals surface area contributed by atoms with Gasteiger partial charge in [-0.1, -0.05) is 6.07 Å². The van der Waals surface area contributed by atoms with E-state index in [2.05, 4.69) is 9.97 Å². The SMILES string of the molecule is COc1cc(N2CCN(S(=O)(=O)c3ccc(C)c(C)c3)CC2)nc(OC)n1. The molecule has 27 heavy (non-hydrogen) atoms. The van der Waals surface area contributed by atoms with Crippen LogP contribution in [0.2, 0.25) is 0 Å². The highest BCUT2D eigenvalue weighted by molar-refractivity contribution is 7.89. The molecule has 9 heteroatoms. The molecule has 0 aliphatic carbocycles. The molecular weight excluding hydrogens is 368 g/mol. The van der Waals surface area contributed by atoms with E-state index < -0.39 is 10.0 Å². The Bertz CT molecular complexity index is 903. The summed E-state index contributed by atoms with van der Waals surface area (Å²) in [5.74, 6) is 1.06. The van der Waals surface area contributed by atoms with Crippen LogP contribution in [-0.4, -0.2) is 63.1 Å². The molecule has 0 amide bonds. The van der Waals surface area contributed by atoms with Gasteiger partial charge in [0.25, 0.3) is 0 Å². The fourth-order valence-electron chi connectivity index (χ4n) is 2.93. The average molecular weight is 392 g/mol. The van der Waals surface area contributed by atoms with E-state index in [9.17, 15) is 8.42 Å². The molecule has 0 unspecified atom stereocenters.